The molecule has 1 aromatic rings. The van der Waals surface area contributed by atoms with Crippen molar-refractivity contribution in [2.45, 2.75) is 27.0 Å². The lowest BCUT2D eigenvalue weighted by atomic mass is 10.2. The molecular formula is C20H32F2IN5O3. The highest BCUT2D eigenvalue weighted by Gasteiger charge is 2.18. The minimum Gasteiger partial charge on any atom is -0.490 e. The van der Waals surface area contributed by atoms with Crippen molar-refractivity contribution in [3.63, 3.8) is 0 Å². The van der Waals surface area contributed by atoms with Crippen LogP contribution in [0.15, 0.2) is 23.2 Å². The van der Waals surface area contributed by atoms with Crippen LogP contribution in [-0.4, -0.2) is 81.2 Å². The maximum Gasteiger partial charge on any atom is 0.387 e. The summed E-state index contributed by atoms with van der Waals surface area (Å²) in [4.78, 5) is 19.7. The van der Waals surface area contributed by atoms with Crippen LogP contribution in [0, 0.1) is 0 Å². The zero-order valence-corrected chi connectivity index (χ0v) is 20.5. The molecule has 8 nitrogen and oxygen atoms in total. The van der Waals surface area contributed by atoms with E-state index >= 15 is 0 Å². The summed E-state index contributed by atoms with van der Waals surface area (Å²) >= 11 is 0. The number of alkyl halides is 2. The van der Waals surface area contributed by atoms with Crippen molar-refractivity contribution in [2.75, 3.05) is 52.9 Å². The fourth-order valence-corrected chi connectivity index (χ4v) is 3.21. The van der Waals surface area contributed by atoms with Crippen LogP contribution in [0.5, 0.6) is 11.5 Å². The Labute approximate surface area is 199 Å². The van der Waals surface area contributed by atoms with E-state index in [1.54, 1.807) is 39.1 Å². The quantitative estimate of drug-likeness (QED) is 0.276. The number of hydrogen-bond acceptors (Lipinski definition) is 5. The lowest BCUT2D eigenvalue weighted by Gasteiger charge is -2.34. The number of aliphatic imine (C=N–C) groups is 1. The third-order valence-electron chi connectivity index (χ3n) is 4.78. The van der Waals surface area contributed by atoms with Gasteiger partial charge in [0.1, 0.15) is 0 Å². The van der Waals surface area contributed by atoms with Crippen LogP contribution in [0.1, 0.15) is 19.4 Å². The van der Waals surface area contributed by atoms with Crippen molar-refractivity contribution in [1.82, 2.24) is 20.4 Å². The molecule has 0 aliphatic carbocycles. The smallest absolute Gasteiger partial charge is 0.387 e. The van der Waals surface area contributed by atoms with Crippen LogP contribution in [0.2, 0.25) is 0 Å². The number of rotatable bonds is 9. The van der Waals surface area contributed by atoms with Crippen molar-refractivity contribution < 1.29 is 23.0 Å². The Morgan fingerprint density at radius 2 is 1.94 bits per heavy atom. The van der Waals surface area contributed by atoms with Gasteiger partial charge in [-0.05, 0) is 13.0 Å². The Morgan fingerprint density at radius 1 is 1.23 bits per heavy atom. The number of nitrogens with zero attached hydrogens (tertiary/aromatic N) is 3. The Morgan fingerprint density at radius 3 is 2.52 bits per heavy atom. The second-order valence-corrected chi connectivity index (χ2v) is 6.76. The molecule has 1 aromatic carbocycles. The van der Waals surface area contributed by atoms with E-state index in [0.29, 0.717) is 24.7 Å². The van der Waals surface area contributed by atoms with Crippen LogP contribution in [0.25, 0.3) is 0 Å². The van der Waals surface area contributed by atoms with Gasteiger partial charge in [0.05, 0.1) is 6.61 Å². The highest BCUT2D eigenvalue weighted by molar-refractivity contribution is 14.0. The van der Waals surface area contributed by atoms with E-state index in [1.165, 1.54) is 0 Å². The first kappa shape index (κ1) is 27.1. The predicted molar refractivity (Wildman–Crippen MR) is 127 cm³/mol. The summed E-state index contributed by atoms with van der Waals surface area (Å²) in [7, 11) is 1.65. The normalized spacial score (nSPS) is 14.8. The number of piperazine rings is 1. The minimum atomic E-state index is -2.94. The van der Waals surface area contributed by atoms with Gasteiger partial charge in [0.2, 0.25) is 5.91 Å². The SMILES string of the molecule is CCOc1cccc(CNC(=NC)NCCN2CCN(C(C)=O)CC2)c1OC(F)F.I. The third-order valence-corrected chi connectivity index (χ3v) is 4.78. The summed E-state index contributed by atoms with van der Waals surface area (Å²) < 4.78 is 35.8. The van der Waals surface area contributed by atoms with Crippen LogP contribution in [0.4, 0.5) is 8.78 Å². The Balaban J connectivity index is 0.00000480. The number of ether oxygens (including phenoxy) is 2. The number of carbonyl (C=O) groups excluding carboxylic acids is 1. The molecule has 1 heterocycles. The first-order chi connectivity index (χ1) is 14.4. The van der Waals surface area contributed by atoms with E-state index in [-0.39, 0.29) is 47.9 Å². The molecule has 0 radical (unpaired) electrons. The van der Waals surface area contributed by atoms with Crippen LogP contribution in [-0.2, 0) is 11.3 Å². The van der Waals surface area contributed by atoms with E-state index in [9.17, 15) is 13.6 Å². The first-order valence-electron chi connectivity index (χ1n) is 10.1. The summed E-state index contributed by atoms with van der Waals surface area (Å²) in [5, 5.41) is 6.33. The number of para-hydroxylation sites is 1. The van der Waals surface area contributed by atoms with Gasteiger partial charge in [-0.3, -0.25) is 14.7 Å². The molecule has 0 saturated carbocycles. The van der Waals surface area contributed by atoms with Crippen molar-refractivity contribution in [3.8, 4) is 11.5 Å². The topological polar surface area (TPSA) is 78.4 Å². The predicted octanol–water partition coefficient (Wildman–Crippen LogP) is 2.13. The molecule has 0 bridgehead atoms. The van der Waals surface area contributed by atoms with Gasteiger partial charge in [-0.25, -0.2) is 0 Å². The van der Waals surface area contributed by atoms with Gasteiger partial charge in [0, 0.05) is 65.3 Å². The van der Waals surface area contributed by atoms with E-state index in [4.69, 9.17) is 4.74 Å². The summed E-state index contributed by atoms with van der Waals surface area (Å²) in [6.45, 7) is 5.67. The Hall–Kier alpha value is -1.89. The van der Waals surface area contributed by atoms with Gasteiger partial charge in [0.25, 0.3) is 0 Å². The standard InChI is InChI=1S/C20H31F2N5O3.HI/c1-4-29-17-7-5-6-16(18(17)30-19(21)22)14-25-20(23-3)24-8-9-26-10-12-27(13-11-26)15(2)28;/h5-7,19H,4,8-14H2,1-3H3,(H2,23,24,25);1H. The maximum absolute atomic E-state index is 12.8. The fourth-order valence-electron chi connectivity index (χ4n) is 3.21. The second kappa shape index (κ2) is 14.2. The summed E-state index contributed by atoms with van der Waals surface area (Å²) in [5.41, 5.74) is 0.546. The number of halogens is 3. The summed E-state index contributed by atoms with van der Waals surface area (Å²) in [6.07, 6.45) is 0. The molecule has 0 spiro atoms. The van der Waals surface area contributed by atoms with Crippen molar-refractivity contribution in [3.05, 3.63) is 23.8 Å². The van der Waals surface area contributed by atoms with Crippen LogP contribution in [0.3, 0.4) is 0 Å². The third kappa shape index (κ3) is 9.01. The van der Waals surface area contributed by atoms with Gasteiger partial charge in [-0.1, -0.05) is 12.1 Å². The van der Waals surface area contributed by atoms with Gasteiger partial charge in [-0.15, -0.1) is 24.0 Å². The first-order valence-corrected chi connectivity index (χ1v) is 10.1. The molecule has 31 heavy (non-hydrogen) atoms. The number of nitrogens with one attached hydrogen (secondary N) is 2. The number of hydrogen-bond donors (Lipinski definition) is 2. The molecule has 1 saturated heterocycles. The maximum atomic E-state index is 12.8. The molecule has 0 unspecified atom stereocenters. The molecule has 11 heteroatoms. The van der Waals surface area contributed by atoms with Gasteiger partial charge >= 0.3 is 6.61 Å². The van der Waals surface area contributed by atoms with Crippen LogP contribution < -0.4 is 20.1 Å². The van der Waals surface area contributed by atoms with E-state index in [2.05, 4.69) is 25.3 Å². The zero-order valence-electron chi connectivity index (χ0n) is 18.2. The Bertz CT molecular complexity index is 716. The molecule has 1 aliphatic heterocycles. The average Bonchev–Trinajstić information content (AvgIpc) is 2.72. The number of amides is 1. The highest BCUT2D eigenvalue weighted by Crippen LogP contribution is 2.32. The molecule has 176 valence electrons. The van der Waals surface area contributed by atoms with Gasteiger partial charge in [-0.2, -0.15) is 8.78 Å². The largest absolute Gasteiger partial charge is 0.490 e. The minimum absolute atomic E-state index is 0. The molecule has 0 atom stereocenters. The van der Waals surface area contributed by atoms with Crippen molar-refractivity contribution in [2.24, 2.45) is 4.99 Å². The molecule has 2 N–H and O–H groups in total. The molecule has 1 aliphatic rings. The van der Waals surface area contributed by atoms with E-state index in [0.717, 1.165) is 32.7 Å². The van der Waals surface area contributed by atoms with E-state index in [1.807, 2.05) is 4.90 Å². The average molecular weight is 555 g/mol. The lowest BCUT2D eigenvalue weighted by molar-refractivity contribution is -0.130. The monoisotopic (exact) mass is 555 g/mol. The van der Waals surface area contributed by atoms with Crippen molar-refractivity contribution in [1.29, 1.82) is 0 Å². The molecular weight excluding hydrogens is 523 g/mol. The number of benzene rings is 1. The van der Waals surface area contributed by atoms with Crippen LogP contribution >= 0.6 is 24.0 Å². The van der Waals surface area contributed by atoms with Gasteiger partial charge in [0.15, 0.2) is 17.5 Å². The molecule has 1 amide bonds. The molecule has 2 rings (SSSR count). The second-order valence-electron chi connectivity index (χ2n) is 6.76. The number of carbonyl (C=O) groups is 1. The molecule has 0 aromatic heterocycles. The lowest BCUT2D eigenvalue weighted by Crippen LogP contribution is -2.50. The summed E-state index contributed by atoms with van der Waals surface area (Å²) in [5.74, 6) is 0.980. The van der Waals surface area contributed by atoms with Gasteiger partial charge < -0.3 is 25.0 Å². The van der Waals surface area contributed by atoms with Crippen molar-refractivity contribution >= 4 is 35.8 Å². The fraction of sp³-hybridized carbons (Fsp3) is 0.600. The van der Waals surface area contributed by atoms with E-state index < -0.39 is 6.61 Å². The molecule has 1 fully saturated rings. The highest BCUT2D eigenvalue weighted by atomic mass is 127. The number of guanidine groups is 1. The Kier molecular flexibility index (Phi) is 12.5. The summed E-state index contributed by atoms with van der Waals surface area (Å²) in [6, 6.07) is 5.04. The zero-order chi connectivity index (χ0) is 21.9.